The summed E-state index contributed by atoms with van der Waals surface area (Å²) < 4.78 is 0. The van der Waals surface area contributed by atoms with Crippen LogP contribution in [-0.4, -0.2) is 17.3 Å². The molecule has 4 aliphatic rings. The van der Waals surface area contributed by atoms with E-state index in [9.17, 15) is 5.11 Å². The third-order valence-electron chi connectivity index (χ3n) is 9.08. The molecular weight excluding hydrogens is 294 g/mol. The maximum atomic E-state index is 10.1. The lowest BCUT2D eigenvalue weighted by Gasteiger charge is -2.58. The highest BCUT2D eigenvalue weighted by molar-refractivity contribution is 5.25. The van der Waals surface area contributed by atoms with Crippen LogP contribution in [0.5, 0.6) is 0 Å². The number of allylic oxidation sites excluding steroid dienone is 1. The molecule has 24 heavy (non-hydrogen) atoms. The predicted molar refractivity (Wildman–Crippen MR) is 99.4 cm³/mol. The van der Waals surface area contributed by atoms with Crippen LogP contribution < -0.4 is 5.73 Å². The monoisotopic (exact) mass is 331 g/mol. The summed E-state index contributed by atoms with van der Waals surface area (Å²) in [5.41, 5.74) is 8.85. The van der Waals surface area contributed by atoms with E-state index < -0.39 is 0 Å². The number of nitrogens with two attached hydrogens (primary N) is 1. The molecule has 3 fully saturated rings. The van der Waals surface area contributed by atoms with Gasteiger partial charge in [-0.25, -0.2) is 0 Å². The number of hydrogen-bond donors (Lipinski definition) is 2. The van der Waals surface area contributed by atoms with Crippen molar-refractivity contribution in [3.8, 4) is 0 Å². The van der Waals surface area contributed by atoms with Crippen LogP contribution in [-0.2, 0) is 0 Å². The molecule has 0 bridgehead atoms. The van der Waals surface area contributed by atoms with Gasteiger partial charge in [0, 0.05) is 6.04 Å². The van der Waals surface area contributed by atoms with Crippen LogP contribution in [0.4, 0.5) is 0 Å². The summed E-state index contributed by atoms with van der Waals surface area (Å²) in [6.07, 6.45) is 10.9. The van der Waals surface area contributed by atoms with Crippen molar-refractivity contribution in [1.29, 1.82) is 0 Å². The third-order valence-corrected chi connectivity index (χ3v) is 9.08. The summed E-state index contributed by atoms with van der Waals surface area (Å²) in [4.78, 5) is 0. The highest BCUT2D eigenvalue weighted by atomic mass is 16.3. The van der Waals surface area contributed by atoms with Gasteiger partial charge in [0.2, 0.25) is 0 Å². The van der Waals surface area contributed by atoms with Crippen LogP contribution in [0.3, 0.4) is 0 Å². The van der Waals surface area contributed by atoms with Gasteiger partial charge < -0.3 is 10.8 Å². The summed E-state index contributed by atoms with van der Waals surface area (Å²) in [6.45, 7) is 9.78. The maximum absolute atomic E-state index is 10.1. The van der Waals surface area contributed by atoms with Crippen molar-refractivity contribution in [3.63, 3.8) is 0 Å². The van der Waals surface area contributed by atoms with Gasteiger partial charge in [-0.2, -0.15) is 0 Å². The fourth-order valence-corrected chi connectivity index (χ4v) is 8.16. The average Bonchev–Trinajstić information content (AvgIpc) is 2.78. The topological polar surface area (TPSA) is 46.2 Å². The van der Waals surface area contributed by atoms with Crippen molar-refractivity contribution in [3.05, 3.63) is 11.6 Å². The molecule has 0 heterocycles. The van der Waals surface area contributed by atoms with Crippen molar-refractivity contribution in [2.75, 3.05) is 0 Å². The van der Waals surface area contributed by atoms with Gasteiger partial charge in [-0.1, -0.05) is 32.4 Å². The Morgan fingerprint density at radius 1 is 1.21 bits per heavy atom. The molecule has 136 valence electrons. The van der Waals surface area contributed by atoms with Crippen molar-refractivity contribution in [2.45, 2.75) is 84.8 Å². The minimum absolute atomic E-state index is 0.0938. The number of hydrogen-bond acceptors (Lipinski definition) is 2. The fourth-order valence-electron chi connectivity index (χ4n) is 8.16. The summed E-state index contributed by atoms with van der Waals surface area (Å²) in [7, 11) is 0. The first-order valence-electron chi connectivity index (χ1n) is 10.4. The molecule has 3 N–H and O–H groups in total. The Hall–Kier alpha value is -0.340. The first-order chi connectivity index (χ1) is 11.3. The fraction of sp³-hybridized carbons (Fsp3) is 0.909. The summed E-state index contributed by atoms with van der Waals surface area (Å²) in [5.74, 6) is 3.99. The molecule has 2 heteroatoms. The first-order valence-corrected chi connectivity index (χ1v) is 10.4. The van der Waals surface area contributed by atoms with Crippen LogP contribution in [0, 0.1) is 40.4 Å². The second-order valence-corrected chi connectivity index (χ2v) is 10.3. The minimum atomic E-state index is -0.0938. The molecule has 0 aromatic heterocycles. The molecule has 4 aliphatic carbocycles. The van der Waals surface area contributed by atoms with E-state index in [0.717, 1.165) is 36.5 Å². The van der Waals surface area contributed by atoms with Crippen LogP contribution in [0.25, 0.3) is 0 Å². The van der Waals surface area contributed by atoms with E-state index in [-0.39, 0.29) is 6.10 Å². The quantitative estimate of drug-likeness (QED) is 0.694. The van der Waals surface area contributed by atoms with Crippen LogP contribution in [0.2, 0.25) is 0 Å². The van der Waals surface area contributed by atoms with Gasteiger partial charge in [-0.05, 0) is 92.3 Å². The molecule has 3 saturated carbocycles. The lowest BCUT2D eigenvalue weighted by atomic mass is 9.47. The largest absolute Gasteiger partial charge is 0.393 e. The van der Waals surface area contributed by atoms with E-state index in [1.165, 1.54) is 32.1 Å². The van der Waals surface area contributed by atoms with E-state index in [2.05, 4.69) is 33.8 Å². The van der Waals surface area contributed by atoms with Crippen LogP contribution in [0.15, 0.2) is 11.6 Å². The number of fused-ring (bicyclic) bond motifs is 5. The summed E-state index contributed by atoms with van der Waals surface area (Å²) in [6, 6.07) is 0.321. The Balaban J connectivity index is 1.67. The smallest absolute Gasteiger partial charge is 0.0577 e. The molecule has 0 unspecified atom stereocenters. The second-order valence-electron chi connectivity index (χ2n) is 10.3. The number of rotatable bonds is 1. The Labute approximate surface area is 148 Å². The third kappa shape index (κ3) is 2.21. The Morgan fingerprint density at radius 2 is 1.96 bits per heavy atom. The molecule has 0 aliphatic heterocycles. The van der Waals surface area contributed by atoms with Gasteiger partial charge in [0.1, 0.15) is 0 Å². The molecule has 0 amide bonds. The van der Waals surface area contributed by atoms with Crippen molar-refractivity contribution in [1.82, 2.24) is 0 Å². The zero-order valence-corrected chi connectivity index (χ0v) is 16.1. The van der Waals surface area contributed by atoms with E-state index in [0.29, 0.717) is 22.8 Å². The lowest BCUT2D eigenvalue weighted by molar-refractivity contribution is -0.0528. The summed E-state index contributed by atoms with van der Waals surface area (Å²) in [5, 5.41) is 10.1. The maximum Gasteiger partial charge on any atom is 0.0577 e. The zero-order chi connectivity index (χ0) is 17.3. The molecule has 0 spiro atoms. The highest BCUT2D eigenvalue weighted by Crippen LogP contribution is 2.67. The molecule has 0 aromatic rings. The standard InChI is InChI=1S/C22H37NO/c1-13-11-19-17-6-5-15-12-16(24)7-9-21(15,3)18(17)8-10-22(19,4)20(13)14(2)23/h5,13-14,16-20,24H,6-12,23H2,1-4H3/t13-,14-,16-,17-,18+,19+,20-,21+,22+/m1/s1. The van der Waals surface area contributed by atoms with Gasteiger partial charge in [0.15, 0.2) is 0 Å². The van der Waals surface area contributed by atoms with Crippen molar-refractivity contribution < 1.29 is 5.11 Å². The van der Waals surface area contributed by atoms with Gasteiger partial charge in [-0.3, -0.25) is 0 Å². The molecule has 9 atom stereocenters. The molecule has 4 rings (SSSR count). The van der Waals surface area contributed by atoms with E-state index in [1.54, 1.807) is 5.57 Å². The second kappa shape index (κ2) is 5.58. The lowest BCUT2D eigenvalue weighted by Crippen LogP contribution is -2.52. The van der Waals surface area contributed by atoms with Crippen molar-refractivity contribution in [2.24, 2.45) is 46.2 Å². The Kier molecular flexibility index (Phi) is 3.97. The zero-order valence-electron chi connectivity index (χ0n) is 16.1. The molecule has 0 aromatic carbocycles. The predicted octanol–water partition coefficient (Wildman–Crippen LogP) is 4.52. The SMILES string of the molecule is C[C@@H]1C[C@H]2[C@@H]3CC=C4C[C@H](O)CC[C@]4(C)[C@H]3CC[C@]2(C)[C@H]1[C@@H](C)N. The van der Waals surface area contributed by atoms with Gasteiger partial charge >= 0.3 is 0 Å². The average molecular weight is 332 g/mol. The number of aliphatic hydroxyl groups excluding tert-OH is 1. The minimum Gasteiger partial charge on any atom is -0.393 e. The molecule has 0 saturated heterocycles. The Bertz CT molecular complexity index is 540. The first kappa shape index (κ1) is 17.1. The van der Waals surface area contributed by atoms with Crippen LogP contribution >= 0.6 is 0 Å². The van der Waals surface area contributed by atoms with E-state index in [4.69, 9.17) is 5.73 Å². The molecule has 2 nitrogen and oxygen atoms in total. The normalized spacial score (nSPS) is 55.2. The van der Waals surface area contributed by atoms with Gasteiger partial charge in [0.05, 0.1) is 6.10 Å². The highest BCUT2D eigenvalue weighted by Gasteiger charge is 2.60. The van der Waals surface area contributed by atoms with E-state index in [1.807, 2.05) is 0 Å². The summed E-state index contributed by atoms with van der Waals surface area (Å²) >= 11 is 0. The Morgan fingerprint density at radius 3 is 2.67 bits per heavy atom. The molecule has 0 radical (unpaired) electrons. The van der Waals surface area contributed by atoms with Crippen molar-refractivity contribution >= 4 is 0 Å². The van der Waals surface area contributed by atoms with E-state index >= 15 is 0 Å². The van der Waals surface area contributed by atoms with Gasteiger partial charge in [0.25, 0.3) is 0 Å². The number of aliphatic hydroxyl groups is 1. The van der Waals surface area contributed by atoms with Gasteiger partial charge in [-0.15, -0.1) is 0 Å². The van der Waals surface area contributed by atoms with Crippen LogP contribution in [0.1, 0.15) is 72.6 Å². The molecular formula is C22H37NO.